The number of rotatable bonds is 8. The monoisotopic (exact) mass is 430 g/mol. The number of aryl methyl sites for hydroxylation is 2. The van der Waals surface area contributed by atoms with Crippen LogP contribution < -0.4 is 14.4 Å². The van der Waals surface area contributed by atoms with Gasteiger partial charge >= 0.3 is 0 Å². The van der Waals surface area contributed by atoms with Gasteiger partial charge in [0.1, 0.15) is 12.3 Å². The number of benzene rings is 2. The molecule has 0 fully saturated rings. The van der Waals surface area contributed by atoms with Gasteiger partial charge in [0.2, 0.25) is 15.9 Å². The second-order valence-electron chi connectivity index (χ2n) is 7.72. The second-order valence-corrected chi connectivity index (χ2v) is 9.63. The molecule has 0 unspecified atom stereocenters. The van der Waals surface area contributed by atoms with Crippen molar-refractivity contribution < 1.29 is 17.9 Å². The van der Waals surface area contributed by atoms with Crippen LogP contribution in [0.4, 0.5) is 5.69 Å². The first-order chi connectivity index (χ1) is 14.3. The Kier molecular flexibility index (Phi) is 7.02. The lowest BCUT2D eigenvalue weighted by Crippen LogP contribution is -2.41. The van der Waals surface area contributed by atoms with Crippen molar-refractivity contribution in [2.75, 3.05) is 23.7 Å². The number of carbonyl (C=O) groups is 1. The van der Waals surface area contributed by atoms with Crippen LogP contribution in [-0.4, -0.2) is 33.7 Å². The molecule has 2 aromatic carbocycles. The zero-order chi connectivity index (χ0) is 21.7. The zero-order valence-electron chi connectivity index (χ0n) is 17.8. The topological polar surface area (TPSA) is 75.7 Å². The van der Waals surface area contributed by atoms with Gasteiger partial charge in [0.25, 0.3) is 0 Å². The van der Waals surface area contributed by atoms with Gasteiger partial charge in [0, 0.05) is 6.07 Å². The summed E-state index contributed by atoms with van der Waals surface area (Å²) in [6.45, 7) is 3.96. The molecule has 0 spiro atoms. The Hall–Kier alpha value is -2.54. The standard InChI is InChI=1S/C23H30N2O4S/c1-4-29-22-11-7-10-21(15-22)25(30(3,27)28)16-23(26)24-17(2)19-13-12-18-8-5-6-9-20(18)14-19/h7,10-15,17H,4-6,8-9,16H2,1-3H3,(H,24,26)/t17-/m1/s1. The fraction of sp³-hybridized carbons (Fsp3) is 0.435. The molecule has 3 rings (SSSR count). The number of fused-ring (bicyclic) bond motifs is 1. The molecule has 6 nitrogen and oxygen atoms in total. The Morgan fingerprint density at radius 1 is 1.13 bits per heavy atom. The number of sulfonamides is 1. The van der Waals surface area contributed by atoms with E-state index in [1.807, 2.05) is 13.8 Å². The van der Waals surface area contributed by atoms with Crippen LogP contribution in [0, 0.1) is 0 Å². The second kappa shape index (κ2) is 9.51. The van der Waals surface area contributed by atoms with E-state index in [4.69, 9.17) is 4.74 Å². The van der Waals surface area contributed by atoms with Crippen molar-refractivity contribution in [2.45, 2.75) is 45.6 Å². The van der Waals surface area contributed by atoms with Crippen LogP contribution >= 0.6 is 0 Å². The summed E-state index contributed by atoms with van der Waals surface area (Å²) >= 11 is 0. The van der Waals surface area contributed by atoms with Crippen LogP contribution in [0.3, 0.4) is 0 Å². The predicted octanol–water partition coefficient (Wildman–Crippen LogP) is 3.61. The molecule has 30 heavy (non-hydrogen) atoms. The lowest BCUT2D eigenvalue weighted by atomic mass is 9.89. The van der Waals surface area contributed by atoms with Gasteiger partial charge < -0.3 is 10.1 Å². The van der Waals surface area contributed by atoms with E-state index >= 15 is 0 Å². The fourth-order valence-corrected chi connectivity index (χ4v) is 4.67. The highest BCUT2D eigenvalue weighted by atomic mass is 32.2. The molecule has 2 aromatic rings. The summed E-state index contributed by atoms with van der Waals surface area (Å²) in [4.78, 5) is 12.7. The number of anilines is 1. The number of nitrogens with zero attached hydrogens (tertiary/aromatic N) is 1. The number of ether oxygens (including phenoxy) is 1. The summed E-state index contributed by atoms with van der Waals surface area (Å²) in [6.07, 6.45) is 5.70. The zero-order valence-corrected chi connectivity index (χ0v) is 18.7. The summed E-state index contributed by atoms with van der Waals surface area (Å²) in [5, 5.41) is 2.94. The molecule has 7 heteroatoms. The van der Waals surface area contributed by atoms with Crippen LogP contribution in [0.2, 0.25) is 0 Å². The van der Waals surface area contributed by atoms with E-state index in [1.54, 1.807) is 24.3 Å². The maximum Gasteiger partial charge on any atom is 0.241 e. The van der Waals surface area contributed by atoms with Crippen molar-refractivity contribution in [1.29, 1.82) is 0 Å². The van der Waals surface area contributed by atoms with Gasteiger partial charge in [-0.25, -0.2) is 8.42 Å². The van der Waals surface area contributed by atoms with E-state index in [0.717, 1.165) is 29.0 Å². The average Bonchev–Trinajstić information content (AvgIpc) is 2.71. The van der Waals surface area contributed by atoms with Crippen molar-refractivity contribution in [2.24, 2.45) is 0 Å². The molecule has 0 radical (unpaired) electrons. The molecule has 1 atom stereocenters. The largest absolute Gasteiger partial charge is 0.494 e. The van der Waals surface area contributed by atoms with E-state index in [-0.39, 0.29) is 18.5 Å². The minimum atomic E-state index is -3.64. The minimum Gasteiger partial charge on any atom is -0.494 e. The third kappa shape index (κ3) is 5.53. The van der Waals surface area contributed by atoms with Crippen LogP contribution in [0.25, 0.3) is 0 Å². The van der Waals surface area contributed by atoms with Crippen molar-refractivity contribution in [3.05, 3.63) is 59.2 Å². The van der Waals surface area contributed by atoms with Gasteiger partial charge in [-0.3, -0.25) is 9.10 Å². The summed E-state index contributed by atoms with van der Waals surface area (Å²) in [5.74, 6) is 0.207. The average molecular weight is 431 g/mol. The number of amides is 1. The van der Waals surface area contributed by atoms with Crippen LogP contribution in [0.1, 0.15) is 49.4 Å². The smallest absolute Gasteiger partial charge is 0.241 e. The lowest BCUT2D eigenvalue weighted by Gasteiger charge is -2.24. The number of nitrogens with one attached hydrogen (secondary N) is 1. The Labute approximate surface area is 179 Å². The highest BCUT2D eigenvalue weighted by molar-refractivity contribution is 7.92. The third-order valence-electron chi connectivity index (χ3n) is 5.35. The quantitative estimate of drug-likeness (QED) is 0.694. The van der Waals surface area contributed by atoms with Crippen molar-refractivity contribution in [3.63, 3.8) is 0 Å². The van der Waals surface area contributed by atoms with Gasteiger partial charge in [-0.1, -0.05) is 24.3 Å². The normalized spacial score (nSPS) is 14.5. The molecule has 1 N–H and O–H groups in total. The molecule has 0 bridgehead atoms. The highest BCUT2D eigenvalue weighted by Crippen LogP contribution is 2.26. The highest BCUT2D eigenvalue weighted by Gasteiger charge is 2.22. The third-order valence-corrected chi connectivity index (χ3v) is 6.49. The van der Waals surface area contributed by atoms with Gasteiger partial charge in [-0.15, -0.1) is 0 Å². The van der Waals surface area contributed by atoms with E-state index in [2.05, 4.69) is 23.5 Å². The summed E-state index contributed by atoms with van der Waals surface area (Å²) in [5.41, 5.74) is 4.18. The molecule has 0 saturated carbocycles. The molecule has 1 aliphatic carbocycles. The van der Waals surface area contributed by atoms with Crippen LogP contribution in [0.5, 0.6) is 5.75 Å². The van der Waals surface area contributed by atoms with E-state index in [0.29, 0.717) is 18.0 Å². The lowest BCUT2D eigenvalue weighted by molar-refractivity contribution is -0.120. The first-order valence-electron chi connectivity index (χ1n) is 10.4. The summed E-state index contributed by atoms with van der Waals surface area (Å²) in [6, 6.07) is 12.9. The van der Waals surface area contributed by atoms with Gasteiger partial charge in [0.15, 0.2) is 0 Å². The molecule has 0 aromatic heterocycles. The van der Waals surface area contributed by atoms with Crippen LogP contribution in [-0.2, 0) is 27.7 Å². The first-order valence-corrected chi connectivity index (χ1v) is 12.2. The maximum atomic E-state index is 12.7. The Bertz CT molecular complexity index is 1000. The van der Waals surface area contributed by atoms with Crippen molar-refractivity contribution >= 4 is 21.6 Å². The molecule has 162 valence electrons. The Morgan fingerprint density at radius 3 is 2.57 bits per heavy atom. The Balaban J connectivity index is 1.72. The van der Waals surface area contributed by atoms with Crippen molar-refractivity contribution in [3.8, 4) is 5.75 Å². The minimum absolute atomic E-state index is 0.208. The maximum absolute atomic E-state index is 12.7. The molecule has 0 saturated heterocycles. The predicted molar refractivity (Wildman–Crippen MR) is 119 cm³/mol. The van der Waals surface area contributed by atoms with E-state index in [9.17, 15) is 13.2 Å². The molecular formula is C23H30N2O4S. The molecule has 1 aliphatic rings. The molecular weight excluding hydrogens is 400 g/mol. The Morgan fingerprint density at radius 2 is 1.87 bits per heavy atom. The number of hydrogen-bond acceptors (Lipinski definition) is 4. The molecule has 0 heterocycles. The van der Waals surface area contributed by atoms with Gasteiger partial charge in [0.05, 0.1) is 24.6 Å². The first kappa shape index (κ1) is 22.2. The SMILES string of the molecule is CCOc1cccc(N(CC(=O)N[C@H](C)c2ccc3c(c2)CCCC3)S(C)(=O)=O)c1. The fourth-order valence-electron chi connectivity index (χ4n) is 3.82. The van der Waals surface area contributed by atoms with Gasteiger partial charge in [-0.2, -0.15) is 0 Å². The van der Waals surface area contributed by atoms with Crippen LogP contribution in [0.15, 0.2) is 42.5 Å². The van der Waals surface area contributed by atoms with Gasteiger partial charge in [-0.05, 0) is 68.4 Å². The summed E-state index contributed by atoms with van der Waals surface area (Å²) in [7, 11) is -3.64. The molecule has 0 aliphatic heterocycles. The number of hydrogen-bond donors (Lipinski definition) is 1. The summed E-state index contributed by atoms with van der Waals surface area (Å²) < 4.78 is 31.3. The van der Waals surface area contributed by atoms with E-state index < -0.39 is 10.0 Å². The molecule has 1 amide bonds. The van der Waals surface area contributed by atoms with E-state index in [1.165, 1.54) is 24.0 Å². The number of carbonyl (C=O) groups excluding carboxylic acids is 1. The van der Waals surface area contributed by atoms with Crippen molar-refractivity contribution in [1.82, 2.24) is 5.32 Å².